The molecule has 0 aliphatic rings. The molecule has 104 valence electrons. The third-order valence-corrected chi connectivity index (χ3v) is 2.49. The van der Waals surface area contributed by atoms with Crippen molar-refractivity contribution < 1.29 is 19.0 Å². The first-order valence-electron chi connectivity index (χ1n) is 6.01. The zero-order chi connectivity index (χ0) is 14.3. The van der Waals surface area contributed by atoms with Gasteiger partial charge < -0.3 is 14.7 Å². The van der Waals surface area contributed by atoms with E-state index in [2.05, 4.69) is 6.58 Å². The van der Waals surface area contributed by atoms with Gasteiger partial charge in [0.05, 0.1) is 6.61 Å². The lowest BCUT2D eigenvalue weighted by molar-refractivity contribution is -0.137. The molecule has 19 heavy (non-hydrogen) atoms. The Bertz CT molecular complexity index is 436. The average Bonchev–Trinajstić information content (AvgIpc) is 2.37. The topological polar surface area (TPSA) is 49.8 Å². The van der Waals surface area contributed by atoms with Gasteiger partial charge in [-0.3, -0.25) is 4.79 Å². The maximum absolute atomic E-state index is 13.0. The fourth-order valence-corrected chi connectivity index (χ4v) is 1.62. The zero-order valence-corrected chi connectivity index (χ0v) is 10.9. The molecular formula is C14H18FNO3. The van der Waals surface area contributed by atoms with Gasteiger partial charge >= 0.3 is 0 Å². The summed E-state index contributed by atoms with van der Waals surface area (Å²) in [6.07, 6.45) is 0.816. The Kier molecular flexibility index (Phi) is 6.02. The molecule has 1 aromatic rings. The fraction of sp³-hybridized carbons (Fsp3) is 0.357. The number of hydrogen-bond donors (Lipinski definition) is 1. The molecular weight excluding hydrogens is 249 g/mol. The minimum Gasteiger partial charge on any atom is -0.481 e. The van der Waals surface area contributed by atoms with Crippen LogP contribution in [0.5, 0.6) is 5.75 Å². The maximum Gasteiger partial charge on any atom is 0.263 e. The van der Waals surface area contributed by atoms with Crippen LogP contribution in [0.2, 0.25) is 0 Å². The third kappa shape index (κ3) is 4.71. The number of carbonyl (C=O) groups is 1. The summed E-state index contributed by atoms with van der Waals surface area (Å²) >= 11 is 0. The van der Waals surface area contributed by atoms with Crippen LogP contribution < -0.4 is 4.74 Å². The molecule has 1 atom stereocenters. The lowest BCUT2D eigenvalue weighted by atomic mass is 10.3. The zero-order valence-electron chi connectivity index (χ0n) is 10.9. The van der Waals surface area contributed by atoms with Crippen LogP contribution in [0, 0.1) is 5.82 Å². The smallest absolute Gasteiger partial charge is 0.263 e. The molecule has 1 N–H and O–H groups in total. The highest BCUT2D eigenvalue weighted by atomic mass is 19.1. The van der Waals surface area contributed by atoms with Crippen molar-refractivity contribution in [3.8, 4) is 5.75 Å². The van der Waals surface area contributed by atoms with Crippen molar-refractivity contribution in [1.82, 2.24) is 4.90 Å². The quantitative estimate of drug-likeness (QED) is 0.763. The Hall–Kier alpha value is -1.88. The van der Waals surface area contributed by atoms with Crippen molar-refractivity contribution in [1.29, 1.82) is 0 Å². The minimum absolute atomic E-state index is 0.133. The van der Waals surface area contributed by atoms with Gasteiger partial charge in [-0.25, -0.2) is 4.39 Å². The van der Waals surface area contributed by atoms with Gasteiger partial charge in [0.1, 0.15) is 11.6 Å². The van der Waals surface area contributed by atoms with Gasteiger partial charge in [0.2, 0.25) is 0 Å². The van der Waals surface area contributed by atoms with Crippen LogP contribution >= 0.6 is 0 Å². The number of nitrogens with zero attached hydrogens (tertiary/aromatic N) is 1. The molecule has 0 aliphatic heterocycles. The van der Waals surface area contributed by atoms with Gasteiger partial charge in [-0.15, -0.1) is 6.58 Å². The third-order valence-electron chi connectivity index (χ3n) is 2.49. The molecule has 0 aromatic heterocycles. The molecule has 1 unspecified atom stereocenters. The van der Waals surface area contributed by atoms with Gasteiger partial charge in [-0.1, -0.05) is 12.1 Å². The number of ether oxygens (including phenoxy) is 1. The summed E-state index contributed by atoms with van der Waals surface area (Å²) in [6.45, 7) is 5.55. The second-order valence-corrected chi connectivity index (χ2v) is 4.01. The van der Waals surface area contributed by atoms with Crippen molar-refractivity contribution in [2.24, 2.45) is 0 Å². The molecule has 1 aromatic carbocycles. The number of rotatable bonds is 7. The number of amides is 1. The first-order chi connectivity index (χ1) is 9.08. The van der Waals surface area contributed by atoms with E-state index in [1.165, 1.54) is 23.1 Å². The molecule has 0 heterocycles. The largest absolute Gasteiger partial charge is 0.481 e. The molecule has 1 amide bonds. The molecule has 0 radical (unpaired) electrons. The first kappa shape index (κ1) is 15.2. The standard InChI is InChI=1S/C14H18FNO3/c1-3-7-16(8-9-17)14(18)11(2)19-13-6-4-5-12(15)10-13/h3-6,10-11,17H,1,7-9H2,2H3. The molecule has 1 rings (SSSR count). The molecule has 0 saturated carbocycles. The first-order valence-corrected chi connectivity index (χ1v) is 6.01. The second kappa shape index (κ2) is 7.53. The molecule has 0 bridgehead atoms. The molecule has 4 nitrogen and oxygen atoms in total. The number of hydrogen-bond acceptors (Lipinski definition) is 3. The van der Waals surface area contributed by atoms with Crippen molar-refractivity contribution in [3.63, 3.8) is 0 Å². The van der Waals surface area contributed by atoms with E-state index < -0.39 is 11.9 Å². The van der Waals surface area contributed by atoms with Crippen molar-refractivity contribution in [2.75, 3.05) is 19.7 Å². The van der Waals surface area contributed by atoms with Crippen LogP contribution in [0.15, 0.2) is 36.9 Å². The summed E-state index contributed by atoms with van der Waals surface area (Å²) in [7, 11) is 0. The van der Waals surface area contributed by atoms with E-state index in [-0.39, 0.29) is 19.1 Å². The predicted molar refractivity (Wildman–Crippen MR) is 70.4 cm³/mol. The van der Waals surface area contributed by atoms with Crippen molar-refractivity contribution in [2.45, 2.75) is 13.0 Å². The van der Waals surface area contributed by atoms with E-state index in [9.17, 15) is 9.18 Å². The van der Waals surface area contributed by atoms with E-state index in [4.69, 9.17) is 9.84 Å². The Morgan fingerprint density at radius 3 is 2.95 bits per heavy atom. The van der Waals surface area contributed by atoms with Gasteiger partial charge in [-0.2, -0.15) is 0 Å². The van der Waals surface area contributed by atoms with E-state index in [1.54, 1.807) is 19.1 Å². The SMILES string of the molecule is C=CCN(CCO)C(=O)C(C)Oc1cccc(F)c1. The summed E-state index contributed by atoms with van der Waals surface area (Å²) in [6, 6.07) is 5.61. The summed E-state index contributed by atoms with van der Waals surface area (Å²) < 4.78 is 18.4. The predicted octanol–water partition coefficient (Wildman–Crippen LogP) is 1.60. The summed E-state index contributed by atoms with van der Waals surface area (Å²) in [5.41, 5.74) is 0. The Labute approximate surface area is 112 Å². The van der Waals surface area contributed by atoms with Crippen molar-refractivity contribution >= 4 is 5.91 Å². The molecule has 0 saturated heterocycles. The highest BCUT2D eigenvalue weighted by molar-refractivity contribution is 5.81. The molecule has 0 aliphatic carbocycles. The van der Waals surface area contributed by atoms with E-state index in [0.29, 0.717) is 12.3 Å². The molecule has 5 heteroatoms. The van der Waals surface area contributed by atoms with E-state index in [0.717, 1.165) is 0 Å². The highest BCUT2D eigenvalue weighted by Gasteiger charge is 2.20. The van der Waals surface area contributed by atoms with Crippen LogP contribution in [-0.2, 0) is 4.79 Å². The number of halogens is 1. The maximum atomic E-state index is 13.0. The average molecular weight is 267 g/mol. The normalized spacial score (nSPS) is 11.7. The number of aliphatic hydroxyl groups is 1. The number of carbonyl (C=O) groups excluding carboxylic acids is 1. The number of benzene rings is 1. The fourth-order valence-electron chi connectivity index (χ4n) is 1.62. The van der Waals surface area contributed by atoms with Crippen LogP contribution in [-0.4, -0.2) is 41.7 Å². The Morgan fingerprint density at radius 1 is 1.63 bits per heavy atom. The Balaban J connectivity index is 2.67. The summed E-state index contributed by atoms with van der Waals surface area (Å²) in [5.74, 6) is -0.405. The Morgan fingerprint density at radius 2 is 2.37 bits per heavy atom. The van der Waals surface area contributed by atoms with Gasteiger partial charge in [0.25, 0.3) is 5.91 Å². The van der Waals surface area contributed by atoms with Crippen LogP contribution in [0.3, 0.4) is 0 Å². The van der Waals surface area contributed by atoms with Gasteiger partial charge in [0, 0.05) is 19.2 Å². The monoisotopic (exact) mass is 267 g/mol. The van der Waals surface area contributed by atoms with Gasteiger partial charge in [-0.05, 0) is 19.1 Å². The van der Waals surface area contributed by atoms with Crippen LogP contribution in [0.1, 0.15) is 6.92 Å². The van der Waals surface area contributed by atoms with E-state index in [1.807, 2.05) is 0 Å². The van der Waals surface area contributed by atoms with Crippen molar-refractivity contribution in [3.05, 3.63) is 42.7 Å². The summed E-state index contributed by atoms with van der Waals surface area (Å²) in [4.78, 5) is 13.5. The van der Waals surface area contributed by atoms with Gasteiger partial charge in [0.15, 0.2) is 6.10 Å². The lowest BCUT2D eigenvalue weighted by Crippen LogP contribution is -2.42. The number of aliphatic hydroxyl groups excluding tert-OH is 1. The second-order valence-electron chi connectivity index (χ2n) is 4.01. The lowest BCUT2D eigenvalue weighted by Gasteiger charge is -2.24. The minimum atomic E-state index is -0.756. The molecule has 0 spiro atoms. The summed E-state index contributed by atoms with van der Waals surface area (Å²) in [5, 5.41) is 8.90. The van der Waals surface area contributed by atoms with E-state index >= 15 is 0 Å². The molecule has 0 fully saturated rings. The van der Waals surface area contributed by atoms with Crippen LogP contribution in [0.4, 0.5) is 4.39 Å². The highest BCUT2D eigenvalue weighted by Crippen LogP contribution is 2.14. The van der Waals surface area contributed by atoms with Crippen LogP contribution in [0.25, 0.3) is 0 Å².